The van der Waals surface area contributed by atoms with Crippen molar-refractivity contribution in [3.05, 3.63) is 89.2 Å². The Morgan fingerprint density at radius 1 is 1.00 bits per heavy atom. The average Bonchev–Trinajstić information content (AvgIpc) is 3.19. The molecule has 1 aliphatic heterocycles. The molecule has 3 heterocycles. The van der Waals surface area contributed by atoms with Crippen molar-refractivity contribution >= 4 is 22.9 Å². The monoisotopic (exact) mass is 539 g/mol. The minimum absolute atomic E-state index is 0.149. The van der Waals surface area contributed by atoms with Gasteiger partial charge in [-0.2, -0.15) is 0 Å². The summed E-state index contributed by atoms with van der Waals surface area (Å²) >= 11 is 0. The molecule has 0 bridgehead atoms. The number of fused-ring (bicyclic) bond motifs is 3. The average molecular weight is 540 g/mol. The Balaban J connectivity index is 1.35. The number of hydrogen-bond acceptors (Lipinski definition) is 5. The van der Waals surface area contributed by atoms with Crippen LogP contribution in [0.2, 0.25) is 0 Å². The van der Waals surface area contributed by atoms with Crippen LogP contribution in [0.3, 0.4) is 0 Å². The number of aromatic nitrogens is 2. The highest BCUT2D eigenvalue weighted by molar-refractivity contribution is 5.84. The van der Waals surface area contributed by atoms with E-state index in [0.717, 1.165) is 16.6 Å². The zero-order valence-corrected chi connectivity index (χ0v) is 20.6. The molecule has 0 radical (unpaired) electrons. The van der Waals surface area contributed by atoms with Crippen LogP contribution in [-0.2, 0) is 35.5 Å². The number of rotatable bonds is 8. The number of alkyl halides is 3. The molecule has 0 saturated heterocycles. The molecule has 0 atom stereocenters. The van der Waals surface area contributed by atoms with Crippen LogP contribution in [0.5, 0.6) is 11.5 Å². The third-order valence-corrected chi connectivity index (χ3v) is 6.46. The molecule has 1 amide bonds. The molecule has 39 heavy (non-hydrogen) atoms. The number of nitrogens with zero attached hydrogens (tertiary/aromatic N) is 3. The molecule has 2 aromatic heterocycles. The van der Waals surface area contributed by atoms with Crippen LogP contribution >= 0.6 is 0 Å². The summed E-state index contributed by atoms with van der Waals surface area (Å²) in [6, 6.07) is 16.2. The lowest BCUT2D eigenvalue weighted by atomic mass is 10.0. The Hall–Kier alpha value is -4.54. The molecule has 2 aromatic carbocycles. The molecule has 0 spiro atoms. The van der Waals surface area contributed by atoms with E-state index in [1.54, 1.807) is 41.4 Å². The minimum Gasteiger partial charge on any atom is -0.484 e. The summed E-state index contributed by atoms with van der Waals surface area (Å²) in [7, 11) is 0. The van der Waals surface area contributed by atoms with Gasteiger partial charge >= 0.3 is 12.3 Å². The van der Waals surface area contributed by atoms with Crippen molar-refractivity contribution in [2.45, 2.75) is 32.3 Å². The number of carboxylic acids is 1. The summed E-state index contributed by atoms with van der Waals surface area (Å²) in [4.78, 5) is 30.2. The predicted molar refractivity (Wildman–Crippen MR) is 134 cm³/mol. The van der Waals surface area contributed by atoms with E-state index in [2.05, 4.69) is 9.72 Å². The summed E-state index contributed by atoms with van der Waals surface area (Å²) in [6.07, 6.45) is -2.70. The summed E-state index contributed by atoms with van der Waals surface area (Å²) in [5, 5.41) is 9.93. The maximum absolute atomic E-state index is 13.1. The van der Waals surface area contributed by atoms with E-state index < -0.39 is 12.3 Å². The molecule has 0 unspecified atom stereocenters. The van der Waals surface area contributed by atoms with Gasteiger partial charge in [-0.25, -0.2) is 4.98 Å². The zero-order chi connectivity index (χ0) is 27.6. The second-order valence-electron chi connectivity index (χ2n) is 9.15. The number of ether oxygens (including phenoxy) is 2. The molecule has 11 heteroatoms. The van der Waals surface area contributed by atoms with E-state index in [9.17, 15) is 22.8 Å². The van der Waals surface area contributed by atoms with Gasteiger partial charge in [-0.1, -0.05) is 24.3 Å². The highest BCUT2D eigenvalue weighted by Crippen LogP contribution is 2.31. The lowest BCUT2D eigenvalue weighted by Gasteiger charge is -2.28. The summed E-state index contributed by atoms with van der Waals surface area (Å²) in [5.74, 6) is -1.11. The first-order chi connectivity index (χ1) is 18.7. The fourth-order valence-electron chi connectivity index (χ4n) is 4.82. The molecular formula is C28H24F3N3O5. The maximum atomic E-state index is 13.1. The zero-order valence-electron chi connectivity index (χ0n) is 20.6. The Labute approximate surface area is 221 Å². The predicted octanol–water partition coefficient (Wildman–Crippen LogP) is 4.57. The Morgan fingerprint density at radius 2 is 1.74 bits per heavy atom. The Kier molecular flexibility index (Phi) is 7.14. The van der Waals surface area contributed by atoms with Crippen LogP contribution in [0, 0.1) is 0 Å². The highest BCUT2D eigenvalue weighted by Gasteiger charge is 2.31. The highest BCUT2D eigenvalue weighted by atomic mass is 19.4. The third-order valence-electron chi connectivity index (χ3n) is 6.46. The van der Waals surface area contributed by atoms with Gasteiger partial charge in [-0.05, 0) is 59.5 Å². The van der Waals surface area contributed by atoms with E-state index in [1.807, 2.05) is 16.7 Å². The summed E-state index contributed by atoms with van der Waals surface area (Å²) in [5.41, 5.74) is 3.75. The van der Waals surface area contributed by atoms with Gasteiger partial charge in [-0.3, -0.25) is 9.59 Å². The molecule has 1 aliphatic rings. The minimum atomic E-state index is -4.79. The van der Waals surface area contributed by atoms with Gasteiger partial charge in [-0.15, -0.1) is 13.2 Å². The fourth-order valence-corrected chi connectivity index (χ4v) is 4.82. The fraction of sp³-hybridized carbons (Fsp3) is 0.250. The number of carboxylic acid groups (broad SMARTS) is 1. The normalized spacial score (nSPS) is 13.3. The van der Waals surface area contributed by atoms with Crippen molar-refractivity contribution in [2.75, 3.05) is 13.2 Å². The van der Waals surface area contributed by atoms with Crippen molar-refractivity contribution in [3.63, 3.8) is 0 Å². The van der Waals surface area contributed by atoms with Crippen LogP contribution in [0.4, 0.5) is 13.2 Å². The molecule has 1 N–H and O–H groups in total. The van der Waals surface area contributed by atoms with Crippen LogP contribution < -0.4 is 9.47 Å². The Morgan fingerprint density at radius 3 is 2.51 bits per heavy atom. The van der Waals surface area contributed by atoms with Gasteiger partial charge in [0.2, 0.25) is 0 Å². The first-order valence-electron chi connectivity index (χ1n) is 12.2. The second-order valence-corrected chi connectivity index (χ2v) is 9.15. The molecule has 8 nitrogen and oxygen atoms in total. The smallest absolute Gasteiger partial charge is 0.484 e. The number of pyridine rings is 1. The largest absolute Gasteiger partial charge is 0.573 e. The number of benzene rings is 2. The first-order valence-corrected chi connectivity index (χ1v) is 12.2. The van der Waals surface area contributed by atoms with Gasteiger partial charge in [0.15, 0.2) is 6.61 Å². The maximum Gasteiger partial charge on any atom is 0.573 e. The van der Waals surface area contributed by atoms with E-state index in [1.165, 1.54) is 18.2 Å². The molecule has 4 aromatic rings. The number of carbonyl (C=O) groups is 2. The Bertz CT molecular complexity index is 1530. The lowest BCUT2D eigenvalue weighted by Crippen LogP contribution is -2.39. The van der Waals surface area contributed by atoms with Crippen LogP contribution in [-0.4, -0.2) is 50.9 Å². The molecule has 202 valence electrons. The van der Waals surface area contributed by atoms with Crippen molar-refractivity contribution in [1.29, 1.82) is 0 Å². The molecule has 5 rings (SSSR count). The summed E-state index contributed by atoms with van der Waals surface area (Å²) < 4.78 is 49.9. The lowest BCUT2D eigenvalue weighted by molar-refractivity contribution is -0.274. The topological polar surface area (TPSA) is 93.9 Å². The van der Waals surface area contributed by atoms with Gasteiger partial charge < -0.3 is 24.0 Å². The molecule has 0 aliphatic carbocycles. The van der Waals surface area contributed by atoms with E-state index in [4.69, 9.17) is 9.84 Å². The number of hydrogen-bond donors (Lipinski definition) is 1. The van der Waals surface area contributed by atoms with Gasteiger partial charge in [0.25, 0.3) is 5.91 Å². The standard InChI is InChI=1S/C28H24F3N3O5/c29-28(30,31)39-21-7-2-5-19(13-21)15-34-24-16-33(11-9-22(24)23-8-3-10-32-27(23)34)25(35)17-38-20-6-1-4-18(12-20)14-26(36)37/h1-8,10,12-13H,9,11,14-17H2,(H,36,37). The SMILES string of the molecule is O=C(O)Cc1cccc(OCC(=O)N2CCc3c(n(Cc4cccc(OC(F)(F)F)c4)c4ncccc34)C2)c1. The third kappa shape index (κ3) is 6.14. The van der Waals surface area contributed by atoms with Crippen LogP contribution in [0.25, 0.3) is 11.0 Å². The van der Waals surface area contributed by atoms with Gasteiger partial charge in [0.05, 0.1) is 13.0 Å². The number of carbonyl (C=O) groups excluding carboxylic acids is 1. The molecule has 0 saturated carbocycles. The number of amides is 1. The quantitative estimate of drug-likeness (QED) is 0.353. The second kappa shape index (κ2) is 10.7. The number of aliphatic carboxylic acids is 1. The number of halogens is 3. The molecule has 0 fully saturated rings. The van der Waals surface area contributed by atoms with Gasteiger partial charge in [0.1, 0.15) is 17.1 Å². The van der Waals surface area contributed by atoms with E-state index in [-0.39, 0.29) is 37.8 Å². The van der Waals surface area contributed by atoms with Crippen molar-refractivity contribution in [1.82, 2.24) is 14.5 Å². The van der Waals surface area contributed by atoms with E-state index >= 15 is 0 Å². The van der Waals surface area contributed by atoms with Crippen molar-refractivity contribution in [2.24, 2.45) is 0 Å². The van der Waals surface area contributed by atoms with Gasteiger partial charge in [0, 0.05) is 30.4 Å². The van der Waals surface area contributed by atoms with Crippen molar-refractivity contribution < 1.29 is 37.3 Å². The first kappa shape index (κ1) is 26.1. The summed E-state index contributed by atoms with van der Waals surface area (Å²) in [6.45, 7) is 0.775. The van der Waals surface area contributed by atoms with Crippen LogP contribution in [0.15, 0.2) is 66.9 Å². The van der Waals surface area contributed by atoms with Crippen LogP contribution in [0.1, 0.15) is 22.4 Å². The van der Waals surface area contributed by atoms with Crippen molar-refractivity contribution in [3.8, 4) is 11.5 Å². The van der Waals surface area contributed by atoms with E-state index in [0.29, 0.717) is 35.5 Å². The molecular weight excluding hydrogens is 515 g/mol.